The number of hydrogen-bond acceptors (Lipinski definition) is 4. The molecular formula is C26H38O4. The molecule has 1 atom stereocenters. The normalized spacial score (nSPS) is 14.9. The van der Waals surface area contributed by atoms with E-state index in [1.165, 1.54) is 32.1 Å². The zero-order valence-electron chi connectivity index (χ0n) is 18.5. The van der Waals surface area contributed by atoms with Gasteiger partial charge in [0.1, 0.15) is 5.76 Å². The highest BCUT2D eigenvalue weighted by Gasteiger charge is 2.31. The Labute approximate surface area is 181 Å². The molecule has 4 heteroatoms. The van der Waals surface area contributed by atoms with Gasteiger partial charge in [0.2, 0.25) is 11.6 Å². The van der Waals surface area contributed by atoms with Crippen molar-refractivity contribution in [2.75, 3.05) is 0 Å². The minimum absolute atomic E-state index is 0.0342. The third-order valence-corrected chi connectivity index (χ3v) is 6.05. The van der Waals surface area contributed by atoms with Gasteiger partial charge in [-0.05, 0) is 25.7 Å². The third kappa shape index (κ3) is 7.39. The lowest BCUT2D eigenvalue weighted by atomic mass is 9.86. The smallest absolute Gasteiger partial charge is 0.234 e. The lowest BCUT2D eigenvalue weighted by Crippen LogP contribution is -2.24. The van der Waals surface area contributed by atoms with Crippen LogP contribution in [0.2, 0.25) is 0 Å². The number of hydrogen-bond donors (Lipinski definition) is 2. The first-order chi connectivity index (χ1) is 14.6. The summed E-state index contributed by atoms with van der Waals surface area (Å²) in [6, 6.07) is 6.73. The van der Waals surface area contributed by atoms with Gasteiger partial charge in [0.25, 0.3) is 0 Å². The van der Waals surface area contributed by atoms with Gasteiger partial charge in [-0.25, -0.2) is 0 Å². The predicted octanol–water partition coefficient (Wildman–Crippen LogP) is 6.56. The number of fused-ring (bicyclic) bond motifs is 1. The van der Waals surface area contributed by atoms with E-state index in [0.29, 0.717) is 17.5 Å². The second-order valence-corrected chi connectivity index (χ2v) is 8.55. The molecule has 2 N–H and O–H groups in total. The van der Waals surface area contributed by atoms with Crippen molar-refractivity contribution in [2.45, 2.75) is 103 Å². The summed E-state index contributed by atoms with van der Waals surface area (Å²) in [6.45, 7) is 2.22. The van der Waals surface area contributed by atoms with Crippen LogP contribution in [0.15, 0.2) is 29.8 Å². The highest BCUT2D eigenvalue weighted by atomic mass is 16.3. The van der Waals surface area contributed by atoms with Crippen molar-refractivity contribution in [1.82, 2.24) is 0 Å². The molecule has 0 fully saturated rings. The number of ketones is 2. The molecule has 4 nitrogen and oxygen atoms in total. The molecule has 1 aliphatic carbocycles. The van der Waals surface area contributed by atoms with E-state index in [-0.39, 0.29) is 17.4 Å². The van der Waals surface area contributed by atoms with Crippen molar-refractivity contribution >= 4 is 17.3 Å². The molecule has 1 aliphatic rings. The van der Waals surface area contributed by atoms with Gasteiger partial charge in [-0.1, -0.05) is 95.4 Å². The van der Waals surface area contributed by atoms with Crippen LogP contribution in [0.4, 0.5) is 0 Å². The van der Waals surface area contributed by atoms with E-state index in [1.807, 2.05) is 0 Å². The summed E-state index contributed by atoms with van der Waals surface area (Å²) in [4.78, 5) is 24.5. The van der Waals surface area contributed by atoms with Gasteiger partial charge in [0.05, 0.1) is 6.10 Å². The molecule has 0 saturated heterocycles. The number of benzene rings is 1. The second-order valence-electron chi connectivity index (χ2n) is 8.55. The molecule has 30 heavy (non-hydrogen) atoms. The van der Waals surface area contributed by atoms with Crippen LogP contribution in [0.3, 0.4) is 0 Å². The monoisotopic (exact) mass is 414 g/mol. The summed E-state index contributed by atoms with van der Waals surface area (Å²) in [5.74, 6) is -1.12. The van der Waals surface area contributed by atoms with Crippen molar-refractivity contribution in [3.63, 3.8) is 0 Å². The standard InChI is InChI=1S/C26H38O4/c1-2-3-4-5-7-10-15-20(27)16-11-8-6-9-12-19-23-24(28)21-17-13-14-18-22(21)25(29)26(23)30/h13-14,17-18,20,27-28H,2-12,15-16,19H2,1H3. The Bertz CT molecular complexity index is 719. The Kier molecular flexibility index (Phi) is 10.9. The molecule has 0 aliphatic heterocycles. The van der Waals surface area contributed by atoms with E-state index in [0.717, 1.165) is 51.4 Å². The molecule has 0 radical (unpaired) electrons. The van der Waals surface area contributed by atoms with Crippen molar-refractivity contribution in [3.8, 4) is 0 Å². The van der Waals surface area contributed by atoms with Crippen LogP contribution in [-0.4, -0.2) is 27.9 Å². The van der Waals surface area contributed by atoms with Crippen LogP contribution in [0, 0.1) is 0 Å². The molecule has 1 aromatic carbocycles. The number of aliphatic hydroxyl groups is 2. The summed E-state index contributed by atoms with van der Waals surface area (Å²) in [5, 5.41) is 20.5. The van der Waals surface area contributed by atoms with Crippen LogP contribution in [0.25, 0.3) is 5.76 Å². The number of aliphatic hydroxyl groups excluding tert-OH is 2. The fourth-order valence-electron chi connectivity index (χ4n) is 4.17. The Morgan fingerprint density at radius 1 is 0.733 bits per heavy atom. The maximum atomic E-state index is 12.3. The van der Waals surface area contributed by atoms with Crippen molar-refractivity contribution in [2.24, 2.45) is 0 Å². The van der Waals surface area contributed by atoms with E-state index in [4.69, 9.17) is 0 Å². The Balaban J connectivity index is 1.59. The molecule has 0 bridgehead atoms. The summed E-state index contributed by atoms with van der Waals surface area (Å²) in [6.07, 6.45) is 14.4. The molecule has 0 amide bonds. The van der Waals surface area contributed by atoms with Gasteiger partial charge < -0.3 is 10.2 Å². The molecule has 0 heterocycles. The molecule has 1 aromatic rings. The molecule has 0 saturated carbocycles. The topological polar surface area (TPSA) is 74.6 Å². The minimum atomic E-state index is -0.566. The zero-order chi connectivity index (χ0) is 21.8. The first kappa shape index (κ1) is 24.3. The molecule has 0 aromatic heterocycles. The minimum Gasteiger partial charge on any atom is -0.507 e. The number of rotatable bonds is 15. The van der Waals surface area contributed by atoms with E-state index in [1.54, 1.807) is 24.3 Å². The van der Waals surface area contributed by atoms with Gasteiger partial charge in [0.15, 0.2) is 0 Å². The van der Waals surface area contributed by atoms with Crippen LogP contribution < -0.4 is 0 Å². The maximum Gasteiger partial charge on any atom is 0.234 e. The van der Waals surface area contributed by atoms with Gasteiger partial charge in [-0.2, -0.15) is 0 Å². The SMILES string of the molecule is CCCCCCCCC(O)CCCCCCCC1=C(O)c2ccccc2C(=O)C1=O. The highest BCUT2D eigenvalue weighted by molar-refractivity contribution is 6.52. The van der Waals surface area contributed by atoms with Crippen molar-refractivity contribution < 1.29 is 19.8 Å². The first-order valence-electron chi connectivity index (χ1n) is 11.8. The summed E-state index contributed by atoms with van der Waals surface area (Å²) in [5.41, 5.74) is 1.02. The van der Waals surface area contributed by atoms with Crippen LogP contribution in [0.5, 0.6) is 0 Å². The van der Waals surface area contributed by atoms with Crippen LogP contribution in [0.1, 0.15) is 113 Å². The van der Waals surface area contributed by atoms with Gasteiger partial charge in [0, 0.05) is 16.7 Å². The fraction of sp³-hybridized carbons (Fsp3) is 0.615. The van der Waals surface area contributed by atoms with Crippen molar-refractivity contribution in [3.05, 3.63) is 41.0 Å². The molecule has 2 rings (SSSR count). The Hall–Kier alpha value is -1.94. The molecule has 0 spiro atoms. The van der Waals surface area contributed by atoms with Gasteiger partial charge >= 0.3 is 0 Å². The number of allylic oxidation sites excluding steroid dienone is 1. The first-order valence-corrected chi connectivity index (χ1v) is 11.8. The number of carbonyl (C=O) groups is 2. The van der Waals surface area contributed by atoms with Gasteiger partial charge in [-0.3, -0.25) is 9.59 Å². The van der Waals surface area contributed by atoms with Gasteiger partial charge in [-0.15, -0.1) is 0 Å². The van der Waals surface area contributed by atoms with Crippen LogP contribution >= 0.6 is 0 Å². The lowest BCUT2D eigenvalue weighted by molar-refractivity contribution is -0.112. The molecule has 1 unspecified atom stereocenters. The second kappa shape index (κ2) is 13.4. The predicted molar refractivity (Wildman–Crippen MR) is 122 cm³/mol. The lowest BCUT2D eigenvalue weighted by Gasteiger charge is -2.17. The number of Topliss-reactive ketones (excluding diaryl/α,β-unsaturated/α-hetero) is 2. The van der Waals surface area contributed by atoms with E-state index < -0.39 is 11.6 Å². The molecular weight excluding hydrogens is 376 g/mol. The number of unbranched alkanes of at least 4 members (excludes halogenated alkanes) is 9. The van der Waals surface area contributed by atoms with E-state index >= 15 is 0 Å². The molecule has 166 valence electrons. The summed E-state index contributed by atoms with van der Waals surface area (Å²) >= 11 is 0. The average molecular weight is 415 g/mol. The Morgan fingerprint density at radius 2 is 1.27 bits per heavy atom. The zero-order valence-corrected chi connectivity index (χ0v) is 18.5. The van der Waals surface area contributed by atoms with E-state index in [9.17, 15) is 19.8 Å². The summed E-state index contributed by atoms with van der Waals surface area (Å²) < 4.78 is 0. The Morgan fingerprint density at radius 3 is 1.90 bits per heavy atom. The van der Waals surface area contributed by atoms with Crippen molar-refractivity contribution in [1.29, 1.82) is 0 Å². The quantitative estimate of drug-likeness (QED) is 0.252. The fourth-order valence-corrected chi connectivity index (χ4v) is 4.17. The summed E-state index contributed by atoms with van der Waals surface area (Å²) in [7, 11) is 0. The maximum absolute atomic E-state index is 12.3. The van der Waals surface area contributed by atoms with Crippen LogP contribution in [-0.2, 0) is 4.79 Å². The number of carbonyl (C=O) groups excluding carboxylic acids is 2. The highest BCUT2D eigenvalue weighted by Crippen LogP contribution is 2.30. The largest absolute Gasteiger partial charge is 0.507 e. The third-order valence-electron chi connectivity index (χ3n) is 6.05. The van der Waals surface area contributed by atoms with E-state index in [2.05, 4.69) is 6.92 Å². The average Bonchev–Trinajstić information content (AvgIpc) is 2.76.